The van der Waals surface area contributed by atoms with Gasteiger partial charge in [0, 0.05) is 17.3 Å². The summed E-state index contributed by atoms with van der Waals surface area (Å²) in [6, 6.07) is 9.22. The molecule has 2 nitrogen and oxygen atoms in total. The van der Waals surface area contributed by atoms with Crippen molar-refractivity contribution in [1.29, 1.82) is 0 Å². The van der Waals surface area contributed by atoms with Gasteiger partial charge in [0.25, 0.3) is 0 Å². The van der Waals surface area contributed by atoms with Crippen molar-refractivity contribution in [3.63, 3.8) is 0 Å². The standard InChI is InChI=1S/C13H10ClNO/c1-9-2-5-13(15-7-9)10-3-4-11(8-16)12(14)6-10/h2-8H,1H3. The van der Waals surface area contributed by atoms with Gasteiger partial charge in [-0.15, -0.1) is 0 Å². The number of aryl methyl sites for hydroxylation is 1. The summed E-state index contributed by atoms with van der Waals surface area (Å²) in [7, 11) is 0. The molecule has 0 radical (unpaired) electrons. The molecule has 0 aliphatic rings. The van der Waals surface area contributed by atoms with Gasteiger partial charge in [-0.1, -0.05) is 23.7 Å². The highest BCUT2D eigenvalue weighted by Crippen LogP contribution is 2.23. The normalized spacial score (nSPS) is 10.1. The van der Waals surface area contributed by atoms with Crippen LogP contribution >= 0.6 is 11.6 Å². The SMILES string of the molecule is Cc1ccc(-c2ccc(C=O)c(Cl)c2)nc1. The molecule has 0 spiro atoms. The fourth-order valence-corrected chi connectivity index (χ4v) is 1.65. The summed E-state index contributed by atoms with van der Waals surface area (Å²) in [6.07, 6.45) is 2.55. The van der Waals surface area contributed by atoms with E-state index < -0.39 is 0 Å². The van der Waals surface area contributed by atoms with Crippen molar-refractivity contribution in [3.05, 3.63) is 52.7 Å². The molecule has 0 N–H and O–H groups in total. The predicted molar refractivity (Wildman–Crippen MR) is 64.8 cm³/mol. The molecule has 0 amide bonds. The molecule has 1 heterocycles. The lowest BCUT2D eigenvalue weighted by atomic mass is 10.1. The molecular weight excluding hydrogens is 222 g/mol. The van der Waals surface area contributed by atoms with Gasteiger partial charge in [0.1, 0.15) is 0 Å². The zero-order valence-electron chi connectivity index (χ0n) is 8.77. The number of hydrogen-bond acceptors (Lipinski definition) is 2. The van der Waals surface area contributed by atoms with Gasteiger partial charge in [-0.05, 0) is 30.7 Å². The number of aromatic nitrogens is 1. The second-order valence-electron chi connectivity index (χ2n) is 3.57. The lowest BCUT2D eigenvalue weighted by Gasteiger charge is -2.03. The molecule has 0 unspecified atom stereocenters. The first-order valence-electron chi connectivity index (χ1n) is 4.88. The van der Waals surface area contributed by atoms with Crippen LogP contribution in [0.5, 0.6) is 0 Å². The first-order valence-corrected chi connectivity index (χ1v) is 5.26. The Morgan fingerprint density at radius 3 is 2.62 bits per heavy atom. The van der Waals surface area contributed by atoms with Gasteiger partial charge in [0.15, 0.2) is 6.29 Å². The molecule has 1 aromatic carbocycles. The second kappa shape index (κ2) is 4.45. The van der Waals surface area contributed by atoms with E-state index in [4.69, 9.17) is 11.6 Å². The van der Waals surface area contributed by atoms with Crippen LogP contribution < -0.4 is 0 Å². The van der Waals surface area contributed by atoms with Gasteiger partial charge >= 0.3 is 0 Å². The van der Waals surface area contributed by atoms with Crippen molar-refractivity contribution in [2.45, 2.75) is 6.92 Å². The number of aldehydes is 1. The summed E-state index contributed by atoms with van der Waals surface area (Å²) in [5.74, 6) is 0. The minimum Gasteiger partial charge on any atom is -0.298 e. The van der Waals surface area contributed by atoms with Gasteiger partial charge in [0.2, 0.25) is 0 Å². The number of halogens is 1. The summed E-state index contributed by atoms with van der Waals surface area (Å²) in [5, 5.41) is 0.454. The molecule has 0 fully saturated rings. The third-order valence-corrected chi connectivity index (χ3v) is 2.66. The quantitative estimate of drug-likeness (QED) is 0.741. The van der Waals surface area contributed by atoms with Gasteiger partial charge < -0.3 is 0 Å². The summed E-state index contributed by atoms with van der Waals surface area (Å²) < 4.78 is 0. The number of hydrogen-bond donors (Lipinski definition) is 0. The predicted octanol–water partition coefficient (Wildman–Crippen LogP) is 3.52. The fraction of sp³-hybridized carbons (Fsp3) is 0.0769. The summed E-state index contributed by atoms with van der Waals surface area (Å²) >= 11 is 5.95. The molecular formula is C13H10ClNO. The van der Waals surface area contributed by atoms with E-state index in [-0.39, 0.29) is 0 Å². The first kappa shape index (κ1) is 10.8. The largest absolute Gasteiger partial charge is 0.298 e. The molecule has 2 aromatic rings. The van der Waals surface area contributed by atoms with Crippen LogP contribution in [0, 0.1) is 6.92 Å². The summed E-state index contributed by atoms with van der Waals surface area (Å²) in [4.78, 5) is 14.9. The van der Waals surface area contributed by atoms with Crippen molar-refractivity contribution >= 4 is 17.9 Å². The Bertz CT molecular complexity index is 520. The molecule has 0 saturated carbocycles. The minimum atomic E-state index is 0.454. The second-order valence-corrected chi connectivity index (χ2v) is 3.98. The Kier molecular flexibility index (Phi) is 3.02. The number of carbonyl (C=O) groups is 1. The van der Waals surface area contributed by atoms with Crippen LogP contribution in [-0.4, -0.2) is 11.3 Å². The molecule has 0 saturated heterocycles. The first-order chi connectivity index (χ1) is 7.70. The molecule has 3 heteroatoms. The van der Waals surface area contributed by atoms with E-state index in [9.17, 15) is 4.79 Å². The van der Waals surface area contributed by atoms with Crippen LogP contribution in [-0.2, 0) is 0 Å². The van der Waals surface area contributed by atoms with Gasteiger partial charge in [-0.2, -0.15) is 0 Å². The Morgan fingerprint density at radius 1 is 1.25 bits per heavy atom. The van der Waals surface area contributed by atoms with Crippen LogP contribution in [0.2, 0.25) is 5.02 Å². The van der Waals surface area contributed by atoms with Crippen LogP contribution in [0.1, 0.15) is 15.9 Å². The molecule has 2 rings (SSSR count). The Balaban J connectivity index is 2.45. The number of pyridine rings is 1. The molecule has 0 atom stereocenters. The topological polar surface area (TPSA) is 30.0 Å². The Labute approximate surface area is 98.9 Å². The molecule has 1 aromatic heterocycles. The molecule has 0 bridgehead atoms. The lowest BCUT2D eigenvalue weighted by Crippen LogP contribution is -1.87. The van der Waals surface area contributed by atoms with Crippen LogP contribution in [0.3, 0.4) is 0 Å². The zero-order valence-corrected chi connectivity index (χ0v) is 9.53. The maximum atomic E-state index is 10.6. The molecule has 80 valence electrons. The van der Waals surface area contributed by atoms with Gasteiger partial charge in [-0.25, -0.2) is 0 Å². The van der Waals surface area contributed by atoms with Crippen molar-refractivity contribution in [2.75, 3.05) is 0 Å². The highest BCUT2D eigenvalue weighted by molar-refractivity contribution is 6.33. The third kappa shape index (κ3) is 2.12. The Morgan fingerprint density at radius 2 is 2.06 bits per heavy atom. The monoisotopic (exact) mass is 231 g/mol. The van der Waals surface area contributed by atoms with E-state index in [1.807, 2.05) is 25.1 Å². The minimum absolute atomic E-state index is 0.454. The van der Waals surface area contributed by atoms with E-state index in [1.165, 1.54) is 0 Å². The third-order valence-electron chi connectivity index (χ3n) is 2.33. The lowest BCUT2D eigenvalue weighted by molar-refractivity contribution is 0.112. The van der Waals surface area contributed by atoms with E-state index in [1.54, 1.807) is 18.3 Å². The smallest absolute Gasteiger partial charge is 0.151 e. The zero-order chi connectivity index (χ0) is 11.5. The van der Waals surface area contributed by atoms with E-state index in [0.717, 1.165) is 23.1 Å². The fourth-order valence-electron chi connectivity index (χ4n) is 1.42. The van der Waals surface area contributed by atoms with Crippen molar-refractivity contribution in [1.82, 2.24) is 4.98 Å². The van der Waals surface area contributed by atoms with E-state index in [0.29, 0.717) is 10.6 Å². The van der Waals surface area contributed by atoms with Crippen molar-refractivity contribution in [2.24, 2.45) is 0 Å². The average molecular weight is 232 g/mol. The molecule has 0 aliphatic heterocycles. The number of rotatable bonds is 2. The van der Waals surface area contributed by atoms with Crippen LogP contribution in [0.25, 0.3) is 11.3 Å². The maximum Gasteiger partial charge on any atom is 0.151 e. The van der Waals surface area contributed by atoms with E-state index >= 15 is 0 Å². The maximum absolute atomic E-state index is 10.6. The van der Waals surface area contributed by atoms with E-state index in [2.05, 4.69) is 4.98 Å². The average Bonchev–Trinajstić information content (AvgIpc) is 2.30. The van der Waals surface area contributed by atoms with Crippen molar-refractivity contribution < 1.29 is 4.79 Å². The molecule has 0 aliphatic carbocycles. The van der Waals surface area contributed by atoms with Gasteiger partial charge in [0.05, 0.1) is 10.7 Å². The van der Waals surface area contributed by atoms with Crippen LogP contribution in [0.15, 0.2) is 36.5 Å². The molecule has 16 heavy (non-hydrogen) atoms. The highest BCUT2D eigenvalue weighted by atomic mass is 35.5. The Hall–Kier alpha value is -1.67. The number of benzene rings is 1. The summed E-state index contributed by atoms with van der Waals surface area (Å²) in [6.45, 7) is 1.99. The van der Waals surface area contributed by atoms with Gasteiger partial charge in [-0.3, -0.25) is 9.78 Å². The van der Waals surface area contributed by atoms with Crippen molar-refractivity contribution in [3.8, 4) is 11.3 Å². The number of carbonyl (C=O) groups excluding carboxylic acids is 1. The highest BCUT2D eigenvalue weighted by Gasteiger charge is 2.03. The number of nitrogens with zero attached hydrogens (tertiary/aromatic N) is 1. The van der Waals surface area contributed by atoms with Crippen LogP contribution in [0.4, 0.5) is 0 Å². The summed E-state index contributed by atoms with van der Waals surface area (Å²) in [5.41, 5.74) is 3.37.